The van der Waals surface area contributed by atoms with Crippen molar-refractivity contribution in [2.45, 2.75) is 0 Å². The Morgan fingerprint density at radius 1 is 0.357 bits per heavy atom. The first kappa shape index (κ1) is 23.1. The molecule has 0 saturated carbocycles. The first-order chi connectivity index (χ1) is 20.8. The van der Waals surface area contributed by atoms with Gasteiger partial charge in [-0.05, 0) is 86.2 Å². The zero-order chi connectivity index (χ0) is 27.6. The molecule has 0 radical (unpaired) electrons. The van der Waals surface area contributed by atoms with E-state index < -0.39 is 0 Å². The van der Waals surface area contributed by atoms with E-state index in [9.17, 15) is 0 Å². The monoisotopic (exact) mass is 535 g/mol. The fourth-order valence-corrected chi connectivity index (χ4v) is 6.73. The fourth-order valence-electron chi connectivity index (χ4n) is 6.73. The number of hydrogen-bond donors (Lipinski definition) is 0. The molecule has 0 aliphatic heterocycles. The molecule has 0 atom stereocenters. The van der Waals surface area contributed by atoms with Crippen LogP contribution >= 0.6 is 0 Å². The highest BCUT2D eigenvalue weighted by Gasteiger charge is 2.18. The lowest BCUT2D eigenvalue weighted by atomic mass is 9.96. The van der Waals surface area contributed by atoms with Gasteiger partial charge in [0.25, 0.3) is 0 Å². The summed E-state index contributed by atoms with van der Waals surface area (Å²) in [6.07, 6.45) is 0. The Morgan fingerprint density at radius 3 is 1.95 bits per heavy atom. The molecule has 2 heteroatoms. The van der Waals surface area contributed by atoms with E-state index >= 15 is 0 Å². The highest BCUT2D eigenvalue weighted by Crippen LogP contribution is 2.44. The van der Waals surface area contributed by atoms with Crippen LogP contribution in [0.1, 0.15) is 0 Å². The molecule has 0 fully saturated rings. The van der Waals surface area contributed by atoms with E-state index in [1.807, 2.05) is 12.1 Å². The highest BCUT2D eigenvalue weighted by molar-refractivity contribution is 6.22. The Hall–Kier alpha value is -5.60. The van der Waals surface area contributed by atoms with E-state index in [0.717, 1.165) is 39.0 Å². The molecule has 2 nitrogen and oxygen atoms in total. The summed E-state index contributed by atoms with van der Waals surface area (Å²) < 4.78 is 6.23. The summed E-state index contributed by atoms with van der Waals surface area (Å²) in [5.41, 5.74) is 5.21. The van der Waals surface area contributed by atoms with Crippen molar-refractivity contribution in [3.8, 4) is 0 Å². The summed E-state index contributed by atoms with van der Waals surface area (Å²) in [4.78, 5) is 2.38. The van der Waals surface area contributed by atoms with Crippen LogP contribution in [0.3, 0.4) is 0 Å². The van der Waals surface area contributed by atoms with E-state index in [1.54, 1.807) is 0 Å². The third-order valence-electron chi connectivity index (χ3n) is 8.60. The molecule has 0 saturated heterocycles. The van der Waals surface area contributed by atoms with Crippen molar-refractivity contribution in [2.75, 3.05) is 4.90 Å². The van der Waals surface area contributed by atoms with Gasteiger partial charge in [0.05, 0.1) is 5.69 Å². The third-order valence-corrected chi connectivity index (χ3v) is 8.60. The maximum Gasteiger partial charge on any atom is 0.136 e. The molecule has 0 unspecified atom stereocenters. The topological polar surface area (TPSA) is 16.4 Å². The number of nitrogens with zero attached hydrogens (tertiary/aromatic N) is 1. The van der Waals surface area contributed by atoms with Crippen LogP contribution in [0.25, 0.3) is 65.0 Å². The molecule has 0 aliphatic carbocycles. The third kappa shape index (κ3) is 3.39. The summed E-state index contributed by atoms with van der Waals surface area (Å²) in [5.74, 6) is 0. The van der Waals surface area contributed by atoms with Crippen molar-refractivity contribution in [3.05, 3.63) is 152 Å². The van der Waals surface area contributed by atoms with Gasteiger partial charge in [-0.15, -0.1) is 0 Å². The van der Waals surface area contributed by atoms with Crippen molar-refractivity contribution in [2.24, 2.45) is 0 Å². The Bertz CT molecular complexity index is 2470. The first-order valence-corrected chi connectivity index (χ1v) is 14.4. The second-order valence-electron chi connectivity index (χ2n) is 10.9. The van der Waals surface area contributed by atoms with E-state index in [2.05, 4.69) is 144 Å². The maximum absolute atomic E-state index is 6.23. The molecule has 1 aromatic heterocycles. The van der Waals surface area contributed by atoms with E-state index in [-0.39, 0.29) is 0 Å². The van der Waals surface area contributed by atoms with Gasteiger partial charge in [0, 0.05) is 27.5 Å². The largest absolute Gasteiger partial charge is 0.456 e. The zero-order valence-electron chi connectivity index (χ0n) is 22.8. The molecule has 1 heterocycles. The van der Waals surface area contributed by atoms with Crippen molar-refractivity contribution in [3.63, 3.8) is 0 Å². The average molecular weight is 536 g/mol. The van der Waals surface area contributed by atoms with Crippen LogP contribution in [0, 0.1) is 0 Å². The lowest BCUT2D eigenvalue weighted by Gasteiger charge is -2.27. The van der Waals surface area contributed by atoms with Crippen LogP contribution in [0.5, 0.6) is 0 Å². The predicted molar refractivity (Wildman–Crippen MR) is 178 cm³/mol. The molecule has 8 aromatic carbocycles. The molecule has 9 aromatic rings. The van der Waals surface area contributed by atoms with Gasteiger partial charge >= 0.3 is 0 Å². The first-order valence-electron chi connectivity index (χ1n) is 14.4. The van der Waals surface area contributed by atoms with E-state index in [0.29, 0.717) is 0 Å². The number of benzene rings is 8. The predicted octanol–water partition coefficient (Wildman–Crippen LogP) is 11.7. The second-order valence-corrected chi connectivity index (χ2v) is 10.9. The molecule has 0 amide bonds. The van der Waals surface area contributed by atoms with Crippen LogP contribution in [-0.2, 0) is 0 Å². The van der Waals surface area contributed by atoms with Crippen LogP contribution < -0.4 is 4.90 Å². The summed E-state index contributed by atoms with van der Waals surface area (Å²) >= 11 is 0. The quantitative estimate of drug-likeness (QED) is 0.209. The normalized spacial score (nSPS) is 11.8. The summed E-state index contributed by atoms with van der Waals surface area (Å²) in [7, 11) is 0. The lowest BCUT2D eigenvalue weighted by Crippen LogP contribution is -2.10. The molecular formula is C40H25NO. The molecule has 196 valence electrons. The molecule has 0 spiro atoms. The summed E-state index contributed by atoms with van der Waals surface area (Å²) in [6, 6.07) is 54.4. The minimum atomic E-state index is 0.914. The minimum Gasteiger partial charge on any atom is -0.456 e. The SMILES string of the molecule is c1ccc(N(c2ccc3c(ccc4ccc5ccccc5c43)c2)c2cccc3c2ccc2oc4ccccc4c23)cc1. The Balaban J connectivity index is 1.32. The zero-order valence-corrected chi connectivity index (χ0v) is 22.8. The Morgan fingerprint density at radius 2 is 1.05 bits per heavy atom. The van der Waals surface area contributed by atoms with Gasteiger partial charge in [-0.1, -0.05) is 103 Å². The highest BCUT2D eigenvalue weighted by atomic mass is 16.3. The Labute approximate surface area is 242 Å². The van der Waals surface area contributed by atoms with Gasteiger partial charge < -0.3 is 9.32 Å². The number of rotatable bonds is 3. The summed E-state index contributed by atoms with van der Waals surface area (Å²) in [5, 5.41) is 12.3. The molecule has 9 rings (SSSR count). The van der Waals surface area contributed by atoms with Crippen molar-refractivity contribution in [1.29, 1.82) is 0 Å². The van der Waals surface area contributed by atoms with E-state index in [4.69, 9.17) is 4.42 Å². The number of para-hydroxylation sites is 2. The second kappa shape index (κ2) is 8.95. The maximum atomic E-state index is 6.23. The Kier molecular flexibility index (Phi) is 4.93. The smallest absolute Gasteiger partial charge is 0.136 e. The average Bonchev–Trinajstić information content (AvgIpc) is 3.44. The molecule has 0 N–H and O–H groups in total. The van der Waals surface area contributed by atoms with Gasteiger partial charge in [0.1, 0.15) is 11.2 Å². The summed E-state index contributed by atoms with van der Waals surface area (Å²) in [6.45, 7) is 0. The lowest BCUT2D eigenvalue weighted by molar-refractivity contribution is 0.669. The number of hydrogen-bond acceptors (Lipinski definition) is 2. The number of fused-ring (bicyclic) bond motifs is 10. The van der Waals surface area contributed by atoms with Crippen LogP contribution in [-0.4, -0.2) is 0 Å². The van der Waals surface area contributed by atoms with Crippen molar-refractivity contribution in [1.82, 2.24) is 0 Å². The number of furan rings is 1. The molecular weight excluding hydrogens is 510 g/mol. The van der Waals surface area contributed by atoms with Gasteiger partial charge in [-0.25, -0.2) is 0 Å². The van der Waals surface area contributed by atoms with Crippen LogP contribution in [0.4, 0.5) is 17.1 Å². The molecule has 0 bridgehead atoms. The van der Waals surface area contributed by atoms with Gasteiger partial charge in [-0.2, -0.15) is 0 Å². The van der Waals surface area contributed by atoms with E-state index in [1.165, 1.54) is 43.1 Å². The van der Waals surface area contributed by atoms with Crippen molar-refractivity contribution >= 4 is 82.1 Å². The van der Waals surface area contributed by atoms with Gasteiger partial charge in [0.2, 0.25) is 0 Å². The standard InChI is InChI=1S/C40H25NO/c1-2-10-29(11-3-1)41(36-15-8-14-34-33(36)23-24-38-40(34)35-13-6-7-16-37(35)42-38)30-21-22-32-28(25-30)20-19-27-18-17-26-9-4-5-12-31(26)39(27)32/h1-25H. The minimum absolute atomic E-state index is 0.914. The molecule has 0 aliphatic rings. The van der Waals surface area contributed by atoms with Gasteiger partial charge in [0.15, 0.2) is 0 Å². The van der Waals surface area contributed by atoms with Crippen LogP contribution in [0.2, 0.25) is 0 Å². The van der Waals surface area contributed by atoms with Gasteiger partial charge in [-0.3, -0.25) is 0 Å². The van der Waals surface area contributed by atoms with Crippen molar-refractivity contribution < 1.29 is 4.42 Å². The number of anilines is 3. The molecule has 42 heavy (non-hydrogen) atoms. The van der Waals surface area contributed by atoms with Crippen LogP contribution in [0.15, 0.2) is 156 Å². The fraction of sp³-hybridized carbons (Fsp3) is 0.